The number of carbonyl (C=O) groups excluding carboxylic acids is 5. The molecule has 2 saturated carbocycles. The molecule has 1 heterocycles. The SMILES string of the molecule is C=C(C)[C@H]1C(O)C(C(N)=O)C(=O)[C@]2(O)C(O)C3C(=O)c4c(O)ccc(-c5cc(NC(=O)c6ccn[nH]6)cc(C(=O)OC)c5)c4C[C@]3(C)C[C@]12C. The lowest BCUT2D eigenvalue weighted by molar-refractivity contribution is -0.255. The summed E-state index contributed by atoms with van der Waals surface area (Å²) in [6.45, 7) is 8.78. The van der Waals surface area contributed by atoms with E-state index in [1.807, 2.05) is 0 Å². The van der Waals surface area contributed by atoms with Crippen molar-refractivity contribution in [2.45, 2.75) is 51.4 Å². The van der Waals surface area contributed by atoms with E-state index in [4.69, 9.17) is 10.5 Å². The zero-order chi connectivity index (χ0) is 36.7. The molecule has 2 amide bonds. The van der Waals surface area contributed by atoms with Crippen molar-refractivity contribution in [2.24, 2.45) is 34.3 Å². The molecule has 0 spiro atoms. The van der Waals surface area contributed by atoms with Crippen molar-refractivity contribution >= 4 is 35.0 Å². The van der Waals surface area contributed by atoms with Crippen molar-refractivity contribution in [2.75, 3.05) is 12.4 Å². The minimum atomic E-state index is -2.70. The van der Waals surface area contributed by atoms with Crippen molar-refractivity contribution in [3.8, 4) is 16.9 Å². The highest BCUT2D eigenvalue weighted by molar-refractivity contribution is 6.10. The molecule has 8 atom stereocenters. The van der Waals surface area contributed by atoms with Crippen LogP contribution in [0.5, 0.6) is 5.75 Å². The number of nitrogens with zero attached hydrogens (tertiary/aromatic N) is 1. The van der Waals surface area contributed by atoms with E-state index in [1.165, 1.54) is 44.5 Å². The van der Waals surface area contributed by atoms with Crippen LogP contribution in [0.2, 0.25) is 0 Å². The number of rotatable bonds is 6. The Kier molecular flexibility index (Phi) is 8.12. The van der Waals surface area contributed by atoms with E-state index in [-0.39, 0.29) is 35.3 Å². The first-order valence-corrected chi connectivity index (χ1v) is 15.9. The van der Waals surface area contributed by atoms with Crippen LogP contribution in [0.3, 0.4) is 0 Å². The number of fused-ring (bicyclic) bond motifs is 3. The second-order valence-corrected chi connectivity index (χ2v) is 14.2. The number of nitrogens with two attached hydrogens (primary N) is 1. The summed E-state index contributed by atoms with van der Waals surface area (Å²) in [5.74, 6) is -9.19. The number of ketones is 2. The lowest BCUT2D eigenvalue weighted by Crippen LogP contribution is -2.78. The van der Waals surface area contributed by atoms with E-state index in [2.05, 4.69) is 22.1 Å². The third kappa shape index (κ3) is 4.81. The van der Waals surface area contributed by atoms with Crippen LogP contribution in [0.15, 0.2) is 54.7 Å². The molecule has 0 saturated heterocycles. The average Bonchev–Trinajstić information content (AvgIpc) is 3.57. The van der Waals surface area contributed by atoms with Crippen LogP contribution in [0.4, 0.5) is 5.69 Å². The molecule has 3 aromatic rings. The van der Waals surface area contributed by atoms with E-state index in [0.29, 0.717) is 22.3 Å². The number of aromatic amines is 1. The number of primary amides is 1. The maximum atomic E-state index is 14.5. The fourth-order valence-corrected chi connectivity index (χ4v) is 9.14. The monoisotopic (exact) mass is 686 g/mol. The summed E-state index contributed by atoms with van der Waals surface area (Å²) >= 11 is 0. The fourth-order valence-electron chi connectivity index (χ4n) is 9.14. The number of benzene rings is 2. The number of aliphatic hydroxyl groups is 3. The van der Waals surface area contributed by atoms with Crippen molar-refractivity contribution in [3.05, 3.63) is 77.1 Å². The molecule has 50 heavy (non-hydrogen) atoms. The average molecular weight is 687 g/mol. The summed E-state index contributed by atoms with van der Waals surface area (Å²) in [6.07, 6.45) is -2.39. The van der Waals surface area contributed by atoms with Crippen molar-refractivity contribution in [3.63, 3.8) is 0 Å². The molecule has 2 aromatic carbocycles. The number of phenolic OH excluding ortho intramolecular Hbond substituents is 1. The molecule has 2 fully saturated rings. The van der Waals surface area contributed by atoms with Gasteiger partial charge in [0.25, 0.3) is 5.91 Å². The Hall–Kier alpha value is -5.18. The first kappa shape index (κ1) is 34.7. The van der Waals surface area contributed by atoms with E-state index in [0.717, 1.165) is 0 Å². The molecule has 0 aliphatic heterocycles. The fraction of sp³-hybridized carbons (Fsp3) is 0.389. The molecule has 0 bridgehead atoms. The van der Waals surface area contributed by atoms with Gasteiger partial charge >= 0.3 is 5.97 Å². The Labute approximate surface area is 286 Å². The number of aliphatic hydroxyl groups excluding tert-OH is 2. The first-order chi connectivity index (χ1) is 23.4. The van der Waals surface area contributed by atoms with Crippen LogP contribution >= 0.6 is 0 Å². The highest BCUT2D eigenvalue weighted by atomic mass is 16.5. The Balaban J connectivity index is 1.52. The van der Waals surface area contributed by atoms with Crippen LogP contribution in [0.25, 0.3) is 11.1 Å². The minimum absolute atomic E-state index is 0.0237. The van der Waals surface area contributed by atoms with E-state index >= 15 is 0 Å². The maximum absolute atomic E-state index is 14.5. The summed E-state index contributed by atoms with van der Waals surface area (Å²) in [4.78, 5) is 66.5. The van der Waals surface area contributed by atoms with Gasteiger partial charge in [0, 0.05) is 23.2 Å². The van der Waals surface area contributed by atoms with Crippen LogP contribution < -0.4 is 11.1 Å². The molecule has 8 N–H and O–H groups in total. The number of aromatic hydroxyl groups is 1. The quantitative estimate of drug-likeness (QED) is 0.112. The van der Waals surface area contributed by atoms with Gasteiger partial charge in [-0.25, -0.2) is 4.79 Å². The van der Waals surface area contributed by atoms with E-state index in [1.54, 1.807) is 26.0 Å². The lowest BCUT2D eigenvalue weighted by atomic mass is 9.39. The smallest absolute Gasteiger partial charge is 0.337 e. The van der Waals surface area contributed by atoms with Gasteiger partial charge in [0.1, 0.15) is 23.5 Å². The molecule has 3 aliphatic carbocycles. The van der Waals surface area contributed by atoms with Gasteiger partial charge in [-0.2, -0.15) is 5.10 Å². The van der Waals surface area contributed by atoms with Crippen LogP contribution in [-0.2, 0) is 20.7 Å². The number of amides is 2. The molecule has 1 aromatic heterocycles. The van der Waals surface area contributed by atoms with Gasteiger partial charge in [-0.15, -0.1) is 0 Å². The number of hydrogen-bond donors (Lipinski definition) is 7. The minimum Gasteiger partial charge on any atom is -0.507 e. The zero-order valence-electron chi connectivity index (χ0n) is 27.8. The number of nitrogens with one attached hydrogen (secondary N) is 2. The summed E-state index contributed by atoms with van der Waals surface area (Å²) < 4.78 is 4.95. The highest BCUT2D eigenvalue weighted by Crippen LogP contribution is 2.66. The number of H-pyrrole nitrogens is 1. The molecule has 3 aliphatic rings. The molecule has 0 radical (unpaired) electrons. The summed E-state index contributed by atoms with van der Waals surface area (Å²) in [5, 5.41) is 55.8. The first-order valence-electron chi connectivity index (χ1n) is 15.9. The van der Waals surface area contributed by atoms with Gasteiger partial charge in [0.2, 0.25) is 5.91 Å². The van der Waals surface area contributed by atoms with Crippen LogP contribution in [0.1, 0.15) is 64.0 Å². The topological polar surface area (TPSA) is 242 Å². The number of anilines is 1. The normalized spacial score (nSPS) is 31.5. The Bertz CT molecular complexity index is 1990. The number of Topliss-reactive ketones (excluding diaryl/α,β-unsaturated/α-hetero) is 2. The van der Waals surface area contributed by atoms with Gasteiger partial charge in [-0.05, 0) is 72.2 Å². The number of ether oxygens (including phenoxy) is 1. The maximum Gasteiger partial charge on any atom is 0.337 e. The predicted octanol–water partition coefficient (Wildman–Crippen LogP) is 1.92. The number of aromatic nitrogens is 2. The van der Waals surface area contributed by atoms with Gasteiger partial charge in [0.05, 0.1) is 30.3 Å². The summed E-state index contributed by atoms with van der Waals surface area (Å²) in [6, 6.07) is 8.81. The summed E-state index contributed by atoms with van der Waals surface area (Å²) in [7, 11) is 1.20. The number of carbonyl (C=O) groups is 5. The second kappa shape index (κ2) is 11.7. The van der Waals surface area contributed by atoms with Crippen LogP contribution in [0, 0.1) is 28.6 Å². The lowest BCUT2D eigenvalue weighted by Gasteiger charge is -2.65. The molecule has 14 heteroatoms. The number of methoxy groups -OCH3 is 1. The predicted molar refractivity (Wildman–Crippen MR) is 177 cm³/mol. The third-order valence-electron chi connectivity index (χ3n) is 11.1. The summed E-state index contributed by atoms with van der Waals surface area (Å²) in [5.41, 5.74) is 1.77. The molecular formula is C36H38N4O10. The molecule has 262 valence electrons. The second-order valence-electron chi connectivity index (χ2n) is 14.2. The van der Waals surface area contributed by atoms with E-state index < -0.39 is 81.5 Å². The molecule has 14 nitrogen and oxygen atoms in total. The van der Waals surface area contributed by atoms with Gasteiger partial charge in [0.15, 0.2) is 17.2 Å². The third-order valence-corrected chi connectivity index (χ3v) is 11.1. The van der Waals surface area contributed by atoms with Crippen LogP contribution in [-0.4, -0.2) is 84.9 Å². The highest BCUT2D eigenvalue weighted by Gasteiger charge is 2.75. The molecule has 6 rings (SSSR count). The van der Waals surface area contributed by atoms with Crippen molar-refractivity contribution in [1.82, 2.24) is 10.2 Å². The van der Waals surface area contributed by atoms with Gasteiger partial charge in [-0.1, -0.05) is 32.1 Å². The number of esters is 1. The largest absolute Gasteiger partial charge is 0.507 e. The zero-order valence-corrected chi connectivity index (χ0v) is 27.8. The van der Waals surface area contributed by atoms with Crippen molar-refractivity contribution < 1.29 is 49.1 Å². The Morgan fingerprint density at radius 2 is 1.82 bits per heavy atom. The van der Waals surface area contributed by atoms with E-state index in [9.17, 15) is 44.4 Å². The Morgan fingerprint density at radius 3 is 2.42 bits per heavy atom. The van der Waals surface area contributed by atoms with Gasteiger partial charge in [-0.3, -0.25) is 24.3 Å². The van der Waals surface area contributed by atoms with Crippen molar-refractivity contribution in [1.29, 1.82) is 0 Å². The Morgan fingerprint density at radius 1 is 1.12 bits per heavy atom. The number of hydrogen-bond acceptors (Lipinski definition) is 11. The molecular weight excluding hydrogens is 648 g/mol. The van der Waals surface area contributed by atoms with Gasteiger partial charge < -0.3 is 36.2 Å². The molecule has 4 unspecified atom stereocenters. The number of phenols is 1. The standard InChI is InChI=1S/C36H38N4O10/c1-15(2)25-28(43)24(31(37)46)29(44)36(49)30(45)26-27(42)23-20(13-34(26,3)14-35(25,36)4)19(6-7-22(23)41)16-10-17(33(48)50-5)12-18(11-16)39-32(47)21-8-9-38-40-21/h6-12,24-26,28,30,41,43,45,49H,1,13-14H2,2-5H3,(H2,37,46)(H,38,40)(H,39,47)/t24?,25-,26?,28?,30?,34+,35+,36-/m0/s1.